The van der Waals surface area contributed by atoms with E-state index in [0.29, 0.717) is 6.04 Å². The summed E-state index contributed by atoms with van der Waals surface area (Å²) in [5.74, 6) is 0. The topological polar surface area (TPSA) is 32.7 Å². The maximum Gasteiger partial charge on any atom is 0.0718 e. The molecule has 0 saturated carbocycles. The maximum atomic E-state index is 9.78. The van der Waals surface area contributed by atoms with Crippen LogP contribution in [0.1, 0.15) is 33.6 Å². The molecule has 1 N–H and O–H groups in total. The number of aliphatic hydroxyl groups is 1. The summed E-state index contributed by atoms with van der Waals surface area (Å²) >= 11 is 0. The van der Waals surface area contributed by atoms with Crippen LogP contribution < -0.4 is 0 Å². The molecule has 0 aromatic heterocycles. The first-order valence-corrected chi connectivity index (χ1v) is 5.57. The van der Waals surface area contributed by atoms with Gasteiger partial charge in [-0.15, -0.1) is 0 Å². The highest BCUT2D eigenvalue weighted by Crippen LogP contribution is 2.16. The summed E-state index contributed by atoms with van der Waals surface area (Å²) in [5, 5.41) is 9.78. The molecule has 1 aliphatic heterocycles. The number of hydrogen-bond acceptors (Lipinski definition) is 3. The zero-order valence-electron chi connectivity index (χ0n) is 9.62. The van der Waals surface area contributed by atoms with E-state index in [4.69, 9.17) is 4.74 Å². The van der Waals surface area contributed by atoms with E-state index < -0.39 is 5.60 Å². The minimum absolute atomic E-state index is 0.589. The van der Waals surface area contributed by atoms with Crippen LogP contribution in [0, 0.1) is 0 Å². The van der Waals surface area contributed by atoms with Crippen molar-refractivity contribution in [2.24, 2.45) is 0 Å². The molecule has 0 aromatic rings. The number of likely N-dealkylation sites (N-methyl/N-ethyl adjacent to an activating group) is 1. The smallest absolute Gasteiger partial charge is 0.0718 e. The number of rotatable bonds is 4. The highest BCUT2D eigenvalue weighted by molar-refractivity contribution is 4.79. The molecule has 0 aliphatic carbocycles. The molecule has 0 atom stereocenters. The second kappa shape index (κ2) is 5.10. The zero-order chi connectivity index (χ0) is 10.6. The molecule has 3 heteroatoms. The SMILES string of the molecule is CCN(CC(C)(C)O)C1CCOCC1. The Morgan fingerprint density at radius 2 is 1.93 bits per heavy atom. The predicted molar refractivity (Wildman–Crippen MR) is 57.4 cm³/mol. The van der Waals surface area contributed by atoms with Gasteiger partial charge >= 0.3 is 0 Å². The molecule has 0 bridgehead atoms. The molecule has 0 unspecified atom stereocenters. The van der Waals surface area contributed by atoms with Gasteiger partial charge in [-0.3, -0.25) is 4.90 Å². The minimum Gasteiger partial charge on any atom is -0.389 e. The lowest BCUT2D eigenvalue weighted by atomic mass is 10.0. The largest absolute Gasteiger partial charge is 0.389 e. The van der Waals surface area contributed by atoms with E-state index in [1.807, 2.05) is 13.8 Å². The molecule has 0 spiro atoms. The normalized spacial score (nSPS) is 20.4. The summed E-state index contributed by atoms with van der Waals surface area (Å²) in [6.07, 6.45) is 2.20. The summed E-state index contributed by atoms with van der Waals surface area (Å²) < 4.78 is 5.34. The van der Waals surface area contributed by atoms with Crippen molar-refractivity contribution < 1.29 is 9.84 Å². The molecule has 0 amide bonds. The maximum absolute atomic E-state index is 9.78. The van der Waals surface area contributed by atoms with Crippen LogP contribution in [0.3, 0.4) is 0 Å². The Hall–Kier alpha value is -0.120. The molecule has 14 heavy (non-hydrogen) atoms. The van der Waals surface area contributed by atoms with Gasteiger partial charge in [-0.2, -0.15) is 0 Å². The second-order valence-corrected chi connectivity index (χ2v) is 4.72. The lowest BCUT2D eigenvalue weighted by Crippen LogP contribution is -2.46. The Morgan fingerprint density at radius 1 is 1.36 bits per heavy atom. The molecule has 3 nitrogen and oxygen atoms in total. The predicted octanol–water partition coefficient (Wildman–Crippen LogP) is 1.26. The first-order chi connectivity index (χ1) is 6.53. The van der Waals surface area contributed by atoms with Crippen LogP contribution in [0.2, 0.25) is 0 Å². The fraction of sp³-hybridized carbons (Fsp3) is 1.00. The first-order valence-electron chi connectivity index (χ1n) is 5.57. The van der Waals surface area contributed by atoms with Gasteiger partial charge in [0.15, 0.2) is 0 Å². The van der Waals surface area contributed by atoms with Crippen molar-refractivity contribution in [3.05, 3.63) is 0 Å². The van der Waals surface area contributed by atoms with Crippen LogP contribution >= 0.6 is 0 Å². The monoisotopic (exact) mass is 201 g/mol. The van der Waals surface area contributed by atoms with Gasteiger partial charge in [0, 0.05) is 25.8 Å². The van der Waals surface area contributed by atoms with Gasteiger partial charge in [0.25, 0.3) is 0 Å². The Balaban J connectivity index is 2.43. The Morgan fingerprint density at radius 3 is 2.36 bits per heavy atom. The van der Waals surface area contributed by atoms with Gasteiger partial charge < -0.3 is 9.84 Å². The van der Waals surface area contributed by atoms with E-state index in [-0.39, 0.29) is 0 Å². The fourth-order valence-electron chi connectivity index (χ4n) is 2.05. The minimum atomic E-state index is -0.589. The summed E-state index contributed by atoms with van der Waals surface area (Å²) in [7, 11) is 0. The van der Waals surface area contributed by atoms with Crippen LogP contribution in [0.25, 0.3) is 0 Å². The van der Waals surface area contributed by atoms with Gasteiger partial charge in [-0.05, 0) is 33.2 Å². The third kappa shape index (κ3) is 3.95. The van der Waals surface area contributed by atoms with Crippen LogP contribution in [-0.2, 0) is 4.74 Å². The molecule has 1 fully saturated rings. The molecular weight excluding hydrogens is 178 g/mol. The van der Waals surface area contributed by atoms with E-state index in [1.54, 1.807) is 0 Å². The van der Waals surface area contributed by atoms with Crippen LogP contribution in [0.15, 0.2) is 0 Å². The van der Waals surface area contributed by atoms with Gasteiger partial charge in [-0.1, -0.05) is 6.92 Å². The molecule has 84 valence electrons. The van der Waals surface area contributed by atoms with Crippen molar-refractivity contribution in [1.29, 1.82) is 0 Å². The van der Waals surface area contributed by atoms with E-state index in [9.17, 15) is 5.11 Å². The summed E-state index contributed by atoms with van der Waals surface area (Å²) in [6.45, 7) is 9.40. The summed E-state index contributed by atoms with van der Waals surface area (Å²) in [6, 6.07) is 0.597. The van der Waals surface area contributed by atoms with E-state index in [0.717, 1.165) is 39.1 Å². The third-order valence-electron chi connectivity index (χ3n) is 2.70. The van der Waals surface area contributed by atoms with Crippen molar-refractivity contribution in [3.63, 3.8) is 0 Å². The molecule has 0 radical (unpaired) electrons. The van der Waals surface area contributed by atoms with Crippen LogP contribution in [0.5, 0.6) is 0 Å². The molecule has 1 heterocycles. The highest BCUT2D eigenvalue weighted by Gasteiger charge is 2.25. The van der Waals surface area contributed by atoms with Gasteiger partial charge in [0.2, 0.25) is 0 Å². The molecule has 1 aliphatic rings. The van der Waals surface area contributed by atoms with Gasteiger partial charge in [0.05, 0.1) is 5.60 Å². The van der Waals surface area contributed by atoms with Gasteiger partial charge in [0.1, 0.15) is 0 Å². The van der Waals surface area contributed by atoms with Gasteiger partial charge in [-0.25, -0.2) is 0 Å². The number of ether oxygens (including phenoxy) is 1. The number of nitrogens with zero attached hydrogens (tertiary/aromatic N) is 1. The molecule has 1 saturated heterocycles. The average molecular weight is 201 g/mol. The molecular formula is C11H23NO2. The van der Waals surface area contributed by atoms with E-state index >= 15 is 0 Å². The van der Waals surface area contributed by atoms with Crippen LogP contribution in [-0.4, -0.2) is 48.0 Å². The Kier molecular flexibility index (Phi) is 4.35. The lowest BCUT2D eigenvalue weighted by molar-refractivity contribution is -0.0110. The van der Waals surface area contributed by atoms with Crippen molar-refractivity contribution in [2.75, 3.05) is 26.3 Å². The molecule has 0 aromatic carbocycles. The fourth-order valence-corrected chi connectivity index (χ4v) is 2.05. The standard InChI is InChI=1S/C11H23NO2/c1-4-12(9-11(2,3)13)10-5-7-14-8-6-10/h10,13H,4-9H2,1-3H3. The molecule has 1 rings (SSSR count). The zero-order valence-corrected chi connectivity index (χ0v) is 9.62. The highest BCUT2D eigenvalue weighted by atomic mass is 16.5. The van der Waals surface area contributed by atoms with Crippen molar-refractivity contribution >= 4 is 0 Å². The van der Waals surface area contributed by atoms with E-state index in [2.05, 4.69) is 11.8 Å². The average Bonchev–Trinajstić information content (AvgIpc) is 2.14. The first kappa shape index (κ1) is 12.0. The second-order valence-electron chi connectivity index (χ2n) is 4.72. The summed E-state index contributed by atoms with van der Waals surface area (Å²) in [4.78, 5) is 2.36. The Bertz CT molecular complexity index is 159. The van der Waals surface area contributed by atoms with Crippen molar-refractivity contribution in [3.8, 4) is 0 Å². The number of hydrogen-bond donors (Lipinski definition) is 1. The summed E-state index contributed by atoms with van der Waals surface area (Å²) in [5.41, 5.74) is -0.589. The van der Waals surface area contributed by atoms with Crippen molar-refractivity contribution in [2.45, 2.75) is 45.3 Å². The quantitative estimate of drug-likeness (QED) is 0.743. The Labute approximate surface area is 87.1 Å². The van der Waals surface area contributed by atoms with E-state index in [1.165, 1.54) is 0 Å². The van der Waals surface area contributed by atoms with Crippen LogP contribution in [0.4, 0.5) is 0 Å². The lowest BCUT2D eigenvalue weighted by Gasteiger charge is -2.36. The third-order valence-corrected chi connectivity index (χ3v) is 2.70. The van der Waals surface area contributed by atoms with Crippen molar-refractivity contribution in [1.82, 2.24) is 4.90 Å².